The first-order chi connectivity index (χ1) is 10.4. The molecule has 0 aromatic carbocycles. The summed E-state index contributed by atoms with van der Waals surface area (Å²) in [4.78, 5) is 15.3. The van der Waals surface area contributed by atoms with Crippen molar-refractivity contribution < 1.29 is 9.53 Å². The van der Waals surface area contributed by atoms with Gasteiger partial charge in [-0.15, -0.1) is 11.3 Å². The predicted octanol–water partition coefficient (Wildman–Crippen LogP) is 3.38. The van der Waals surface area contributed by atoms with Gasteiger partial charge in [0.05, 0.1) is 6.10 Å². The molecule has 1 fully saturated rings. The Morgan fingerprint density at radius 2 is 2.27 bits per heavy atom. The van der Waals surface area contributed by atoms with E-state index in [1.807, 2.05) is 13.1 Å². The summed E-state index contributed by atoms with van der Waals surface area (Å²) < 4.78 is 5.86. The number of amides is 2. The van der Waals surface area contributed by atoms with Crippen LogP contribution in [0.2, 0.25) is 0 Å². The molecule has 5 heteroatoms. The van der Waals surface area contributed by atoms with Crippen LogP contribution < -0.4 is 5.32 Å². The van der Waals surface area contributed by atoms with Crippen LogP contribution >= 0.6 is 11.3 Å². The molecule has 2 atom stereocenters. The average molecular weight is 324 g/mol. The van der Waals surface area contributed by atoms with Crippen molar-refractivity contribution in [2.24, 2.45) is 11.3 Å². The standard InChI is InChI=1S/C17H28N2O2S/c1-17(2,3)15-13(8-10-21-15)12-18-16(20)19(4)9-7-14-6-5-11-22-14/h5-6,11,13,15H,7-10,12H2,1-4H3,(H,18,20)/t13-,15+/m1/s1. The topological polar surface area (TPSA) is 41.6 Å². The molecule has 4 nitrogen and oxygen atoms in total. The summed E-state index contributed by atoms with van der Waals surface area (Å²) in [6.07, 6.45) is 2.17. The quantitative estimate of drug-likeness (QED) is 0.902. The number of urea groups is 1. The van der Waals surface area contributed by atoms with Crippen molar-refractivity contribution in [3.63, 3.8) is 0 Å². The van der Waals surface area contributed by atoms with Gasteiger partial charge in [-0.25, -0.2) is 4.79 Å². The lowest BCUT2D eigenvalue weighted by Gasteiger charge is -2.31. The zero-order valence-electron chi connectivity index (χ0n) is 14.1. The average Bonchev–Trinajstić information content (AvgIpc) is 3.12. The number of ether oxygens (including phenoxy) is 1. The summed E-state index contributed by atoms with van der Waals surface area (Å²) in [6.45, 7) is 8.85. The number of hydrogen-bond acceptors (Lipinski definition) is 3. The van der Waals surface area contributed by atoms with E-state index in [2.05, 4.69) is 37.5 Å². The Hall–Kier alpha value is -1.07. The Bertz CT molecular complexity index is 468. The second-order valence-corrected chi connectivity index (χ2v) is 8.18. The Labute approximate surface area is 137 Å². The number of nitrogens with one attached hydrogen (secondary N) is 1. The van der Waals surface area contributed by atoms with Crippen LogP contribution in [-0.2, 0) is 11.2 Å². The van der Waals surface area contributed by atoms with Crippen molar-refractivity contribution in [2.45, 2.75) is 39.7 Å². The van der Waals surface area contributed by atoms with Crippen LogP contribution in [0.25, 0.3) is 0 Å². The molecular weight excluding hydrogens is 296 g/mol. The predicted molar refractivity (Wildman–Crippen MR) is 91.4 cm³/mol. The summed E-state index contributed by atoms with van der Waals surface area (Å²) in [6, 6.07) is 4.17. The molecule has 0 aliphatic carbocycles. The van der Waals surface area contributed by atoms with E-state index in [1.165, 1.54) is 4.88 Å². The lowest BCUT2D eigenvalue weighted by Crippen LogP contribution is -2.43. The van der Waals surface area contributed by atoms with Gasteiger partial charge in [0, 0.05) is 37.5 Å². The van der Waals surface area contributed by atoms with Gasteiger partial charge in [0.25, 0.3) is 0 Å². The summed E-state index contributed by atoms with van der Waals surface area (Å²) in [7, 11) is 1.86. The molecule has 0 spiro atoms. The SMILES string of the molecule is CN(CCc1cccs1)C(=O)NC[C@H]1CCO[C@@H]1C(C)(C)C. The summed E-state index contributed by atoms with van der Waals surface area (Å²) >= 11 is 1.74. The minimum atomic E-state index is 0.0103. The van der Waals surface area contributed by atoms with E-state index >= 15 is 0 Å². The number of thiophene rings is 1. The molecular formula is C17H28N2O2S. The molecule has 1 N–H and O–H groups in total. The van der Waals surface area contributed by atoms with Crippen LogP contribution in [-0.4, -0.2) is 43.8 Å². The van der Waals surface area contributed by atoms with Crippen LogP contribution in [0.5, 0.6) is 0 Å². The fourth-order valence-corrected chi connectivity index (χ4v) is 3.69. The molecule has 22 heavy (non-hydrogen) atoms. The largest absolute Gasteiger partial charge is 0.377 e. The van der Waals surface area contributed by atoms with Crippen molar-refractivity contribution in [3.05, 3.63) is 22.4 Å². The summed E-state index contributed by atoms with van der Waals surface area (Å²) in [5.74, 6) is 0.412. The van der Waals surface area contributed by atoms with E-state index in [4.69, 9.17) is 4.74 Å². The lowest BCUT2D eigenvalue weighted by molar-refractivity contribution is 0.00759. The maximum Gasteiger partial charge on any atom is 0.317 e. The molecule has 0 saturated carbocycles. The normalized spacial score (nSPS) is 21.8. The molecule has 124 valence electrons. The monoisotopic (exact) mass is 324 g/mol. The highest BCUT2D eigenvalue weighted by atomic mass is 32.1. The molecule has 0 unspecified atom stereocenters. The van der Waals surface area contributed by atoms with Gasteiger partial charge in [-0.05, 0) is 29.7 Å². The number of carbonyl (C=O) groups excluding carboxylic acids is 1. The molecule has 2 heterocycles. The van der Waals surface area contributed by atoms with Crippen molar-refractivity contribution in [3.8, 4) is 0 Å². The number of rotatable bonds is 5. The van der Waals surface area contributed by atoms with Crippen molar-refractivity contribution in [2.75, 3.05) is 26.7 Å². The van der Waals surface area contributed by atoms with E-state index < -0.39 is 0 Å². The van der Waals surface area contributed by atoms with Crippen LogP contribution in [0.3, 0.4) is 0 Å². The van der Waals surface area contributed by atoms with Gasteiger partial charge >= 0.3 is 6.03 Å². The van der Waals surface area contributed by atoms with Gasteiger partial charge in [0.1, 0.15) is 0 Å². The van der Waals surface area contributed by atoms with Gasteiger partial charge < -0.3 is 15.0 Å². The molecule has 0 bridgehead atoms. The number of hydrogen-bond donors (Lipinski definition) is 1. The molecule has 1 aliphatic heterocycles. The first kappa shape index (κ1) is 17.3. The highest BCUT2D eigenvalue weighted by Crippen LogP contribution is 2.34. The number of nitrogens with zero attached hydrogens (tertiary/aromatic N) is 1. The third kappa shape index (κ3) is 4.71. The van der Waals surface area contributed by atoms with E-state index in [9.17, 15) is 4.79 Å². The van der Waals surface area contributed by atoms with Gasteiger partial charge in [-0.1, -0.05) is 26.8 Å². The Morgan fingerprint density at radius 3 is 2.91 bits per heavy atom. The molecule has 1 saturated heterocycles. The summed E-state index contributed by atoms with van der Waals surface area (Å²) in [5.41, 5.74) is 0.122. The fraction of sp³-hybridized carbons (Fsp3) is 0.706. The Kier molecular flexibility index (Phi) is 5.87. The molecule has 1 aromatic heterocycles. The summed E-state index contributed by atoms with van der Waals surface area (Å²) in [5, 5.41) is 5.14. The first-order valence-electron chi connectivity index (χ1n) is 8.01. The Morgan fingerprint density at radius 1 is 1.50 bits per heavy atom. The second-order valence-electron chi connectivity index (χ2n) is 7.14. The number of carbonyl (C=O) groups is 1. The van der Waals surface area contributed by atoms with E-state index in [0.29, 0.717) is 12.5 Å². The minimum Gasteiger partial charge on any atom is -0.377 e. The van der Waals surface area contributed by atoms with Crippen LogP contribution in [0.4, 0.5) is 4.79 Å². The molecule has 2 rings (SSSR count). The zero-order valence-corrected chi connectivity index (χ0v) is 14.9. The van der Waals surface area contributed by atoms with E-state index in [-0.39, 0.29) is 17.6 Å². The van der Waals surface area contributed by atoms with E-state index in [1.54, 1.807) is 16.2 Å². The third-order valence-corrected chi connectivity index (χ3v) is 5.14. The second kappa shape index (κ2) is 7.47. The van der Waals surface area contributed by atoms with Gasteiger partial charge in [-0.3, -0.25) is 0 Å². The fourth-order valence-electron chi connectivity index (χ4n) is 2.99. The van der Waals surface area contributed by atoms with Crippen LogP contribution in [0.15, 0.2) is 17.5 Å². The smallest absolute Gasteiger partial charge is 0.317 e. The number of likely N-dealkylation sites (N-methyl/N-ethyl adjacent to an activating group) is 1. The maximum absolute atomic E-state index is 12.2. The van der Waals surface area contributed by atoms with Crippen molar-refractivity contribution >= 4 is 17.4 Å². The minimum absolute atomic E-state index is 0.0103. The Balaban J connectivity index is 1.74. The highest BCUT2D eigenvalue weighted by molar-refractivity contribution is 7.09. The van der Waals surface area contributed by atoms with Crippen molar-refractivity contribution in [1.82, 2.24) is 10.2 Å². The third-order valence-electron chi connectivity index (χ3n) is 4.20. The van der Waals surface area contributed by atoms with Crippen LogP contribution in [0.1, 0.15) is 32.1 Å². The molecule has 2 amide bonds. The first-order valence-corrected chi connectivity index (χ1v) is 8.89. The lowest BCUT2D eigenvalue weighted by atomic mass is 9.81. The van der Waals surface area contributed by atoms with Crippen LogP contribution in [0, 0.1) is 11.3 Å². The van der Waals surface area contributed by atoms with Gasteiger partial charge in [0.15, 0.2) is 0 Å². The van der Waals surface area contributed by atoms with Gasteiger partial charge in [0.2, 0.25) is 0 Å². The molecule has 0 radical (unpaired) electrons. The van der Waals surface area contributed by atoms with Crippen molar-refractivity contribution in [1.29, 1.82) is 0 Å². The van der Waals surface area contributed by atoms with Gasteiger partial charge in [-0.2, -0.15) is 0 Å². The molecule has 1 aliphatic rings. The molecule has 1 aromatic rings. The maximum atomic E-state index is 12.2. The highest BCUT2D eigenvalue weighted by Gasteiger charge is 2.37. The van der Waals surface area contributed by atoms with E-state index in [0.717, 1.165) is 26.0 Å². The zero-order chi connectivity index (χ0) is 16.2.